The zero-order valence-corrected chi connectivity index (χ0v) is 24.2. The van der Waals surface area contributed by atoms with E-state index in [9.17, 15) is 27.1 Å². The van der Waals surface area contributed by atoms with E-state index in [-0.39, 0.29) is 24.6 Å². The Kier molecular flexibility index (Phi) is 7.53. The number of rotatable bonds is 8. The minimum Gasteiger partial charge on any atom is -0.395 e. The normalized spacial score (nSPS) is 20.9. The number of hydrogen-bond acceptors (Lipinski definition) is 7. The van der Waals surface area contributed by atoms with Crippen molar-refractivity contribution in [1.82, 2.24) is 4.98 Å². The number of halogens is 3. The lowest BCUT2D eigenvalue weighted by Crippen LogP contribution is -2.40. The predicted octanol–water partition coefficient (Wildman–Crippen LogP) is 4.31. The molecule has 2 aliphatic carbocycles. The van der Waals surface area contributed by atoms with E-state index in [0.717, 1.165) is 43.5 Å². The van der Waals surface area contributed by atoms with Gasteiger partial charge in [-0.25, -0.2) is 26.6 Å². The molecule has 2 aliphatic heterocycles. The summed E-state index contributed by atoms with van der Waals surface area (Å²) in [6.45, 7) is 0.828. The molecule has 0 atom stereocenters. The summed E-state index contributed by atoms with van der Waals surface area (Å²) in [6, 6.07) is 3.06. The van der Waals surface area contributed by atoms with Crippen LogP contribution in [0.4, 0.5) is 36.1 Å². The number of fused-ring (bicyclic) bond motifs is 1. The summed E-state index contributed by atoms with van der Waals surface area (Å²) in [5.41, 5.74) is 3.14. The van der Waals surface area contributed by atoms with Gasteiger partial charge in [0.1, 0.15) is 0 Å². The van der Waals surface area contributed by atoms with Crippen LogP contribution in [0, 0.1) is 11.2 Å². The largest absolute Gasteiger partial charge is 0.395 e. The number of carbonyl (C=O) groups is 1. The standard InChI is InChI=1S/C29H36F3N5O4S/c30-25-21(4-11-33-26(25)37-14-9-29(31,32)10-15-37)34-27(39)24-20-3-1-2-19(20)22(35-42(40,41)17-16-38)18-23(24)36-12-7-28(5-6-28)8-13-36/h4,11,18,35,38H,1-3,5-10,12-17H2,(H,33,34,39). The van der Waals surface area contributed by atoms with Gasteiger partial charge in [0.15, 0.2) is 11.6 Å². The van der Waals surface area contributed by atoms with Gasteiger partial charge in [0, 0.05) is 45.2 Å². The van der Waals surface area contributed by atoms with Crippen LogP contribution in [0.3, 0.4) is 0 Å². The molecule has 2 aromatic rings. The Morgan fingerprint density at radius 3 is 2.31 bits per heavy atom. The van der Waals surface area contributed by atoms with E-state index in [0.29, 0.717) is 35.2 Å². The molecule has 1 saturated carbocycles. The van der Waals surface area contributed by atoms with Gasteiger partial charge < -0.3 is 20.2 Å². The van der Waals surface area contributed by atoms with Crippen LogP contribution in [0.15, 0.2) is 18.3 Å². The number of nitrogens with zero attached hydrogens (tertiary/aromatic N) is 3. The molecule has 0 radical (unpaired) electrons. The molecule has 2 saturated heterocycles. The molecule has 6 rings (SSSR count). The van der Waals surface area contributed by atoms with Gasteiger partial charge in [0.05, 0.1) is 35.0 Å². The third-order valence-electron chi connectivity index (χ3n) is 9.27. The zero-order chi connectivity index (χ0) is 29.7. The number of carbonyl (C=O) groups excluding carboxylic acids is 1. The lowest BCUT2D eigenvalue weighted by molar-refractivity contribution is -0.0222. The Morgan fingerprint density at radius 2 is 1.64 bits per heavy atom. The van der Waals surface area contributed by atoms with Crippen molar-refractivity contribution in [2.24, 2.45) is 5.41 Å². The smallest absolute Gasteiger partial charge is 0.258 e. The highest BCUT2D eigenvalue weighted by Gasteiger charge is 2.45. The van der Waals surface area contributed by atoms with Crippen LogP contribution in [0.2, 0.25) is 0 Å². The fourth-order valence-electron chi connectivity index (χ4n) is 6.58. The first-order chi connectivity index (χ1) is 20.0. The zero-order valence-electron chi connectivity index (χ0n) is 23.4. The molecule has 9 nitrogen and oxygen atoms in total. The molecule has 42 heavy (non-hydrogen) atoms. The van der Waals surface area contributed by atoms with Crippen molar-refractivity contribution in [1.29, 1.82) is 0 Å². The number of hydrogen-bond donors (Lipinski definition) is 3. The Morgan fingerprint density at radius 1 is 0.976 bits per heavy atom. The van der Waals surface area contributed by atoms with Crippen LogP contribution >= 0.6 is 0 Å². The summed E-state index contributed by atoms with van der Waals surface area (Å²) in [5.74, 6) is -4.60. The molecule has 1 amide bonds. The number of aliphatic hydroxyl groups excluding tert-OH is 1. The SMILES string of the molecule is O=C(Nc1ccnc(N2CCC(F)(F)CC2)c1F)c1c(N2CCC3(CC2)CC3)cc(NS(=O)(=O)CCO)c2c1CCC2. The highest BCUT2D eigenvalue weighted by Crippen LogP contribution is 2.54. The number of sulfonamides is 1. The van der Waals surface area contributed by atoms with Crippen molar-refractivity contribution >= 4 is 38.8 Å². The number of piperidine rings is 2. The van der Waals surface area contributed by atoms with Gasteiger partial charge in [-0.15, -0.1) is 0 Å². The third kappa shape index (κ3) is 5.77. The Bertz CT molecular complexity index is 1480. The molecule has 0 unspecified atom stereocenters. The topological polar surface area (TPSA) is 115 Å². The van der Waals surface area contributed by atoms with Gasteiger partial charge in [-0.2, -0.15) is 0 Å². The van der Waals surface area contributed by atoms with Gasteiger partial charge in [0.25, 0.3) is 11.8 Å². The fourth-order valence-corrected chi connectivity index (χ4v) is 7.44. The maximum atomic E-state index is 15.7. The maximum absolute atomic E-state index is 15.7. The number of amides is 1. The fraction of sp³-hybridized carbons (Fsp3) is 0.586. The highest BCUT2D eigenvalue weighted by molar-refractivity contribution is 7.92. The van der Waals surface area contributed by atoms with Crippen molar-refractivity contribution in [2.75, 3.05) is 58.4 Å². The van der Waals surface area contributed by atoms with E-state index in [4.69, 9.17) is 0 Å². The minimum absolute atomic E-state index is 0.0456. The predicted molar refractivity (Wildman–Crippen MR) is 155 cm³/mol. The van der Waals surface area contributed by atoms with Crippen LogP contribution < -0.4 is 19.8 Å². The maximum Gasteiger partial charge on any atom is 0.258 e. The molecular weight excluding hydrogens is 571 g/mol. The lowest BCUT2D eigenvalue weighted by atomic mass is 9.91. The Balaban J connectivity index is 1.34. The average molecular weight is 608 g/mol. The van der Waals surface area contributed by atoms with Crippen LogP contribution in [-0.2, 0) is 22.9 Å². The van der Waals surface area contributed by atoms with Crippen LogP contribution in [0.5, 0.6) is 0 Å². The first-order valence-electron chi connectivity index (χ1n) is 14.6. The summed E-state index contributed by atoms with van der Waals surface area (Å²) in [6.07, 6.45) is 6.77. The quantitative estimate of drug-likeness (QED) is 0.410. The summed E-state index contributed by atoms with van der Waals surface area (Å²) in [4.78, 5) is 21.7. The van der Waals surface area contributed by atoms with E-state index in [1.165, 1.54) is 30.0 Å². The molecule has 3 N–H and O–H groups in total. The molecule has 1 aromatic carbocycles. The van der Waals surface area contributed by atoms with Crippen molar-refractivity contribution < 1.29 is 31.5 Å². The molecule has 3 heterocycles. The lowest BCUT2D eigenvalue weighted by Gasteiger charge is -2.36. The van der Waals surface area contributed by atoms with Gasteiger partial charge in [-0.3, -0.25) is 9.52 Å². The number of aromatic nitrogens is 1. The minimum atomic E-state index is -3.80. The highest BCUT2D eigenvalue weighted by atomic mass is 32.2. The number of pyridine rings is 1. The van der Waals surface area contributed by atoms with Crippen LogP contribution in [-0.4, -0.2) is 68.9 Å². The van der Waals surface area contributed by atoms with Gasteiger partial charge in [-0.1, -0.05) is 0 Å². The first kappa shape index (κ1) is 29.0. The molecule has 3 fully saturated rings. The molecular formula is C29H36F3N5O4S. The summed E-state index contributed by atoms with van der Waals surface area (Å²) >= 11 is 0. The van der Waals surface area contributed by atoms with Crippen molar-refractivity contribution in [3.63, 3.8) is 0 Å². The van der Waals surface area contributed by atoms with Crippen LogP contribution in [0.25, 0.3) is 0 Å². The summed E-state index contributed by atoms with van der Waals surface area (Å²) < 4.78 is 70.9. The monoisotopic (exact) mass is 607 g/mol. The van der Waals surface area contributed by atoms with E-state index in [1.807, 2.05) is 0 Å². The molecule has 4 aliphatic rings. The number of aliphatic hydroxyl groups is 1. The molecule has 0 bridgehead atoms. The number of alkyl halides is 2. The second-order valence-electron chi connectivity index (χ2n) is 12.1. The van der Waals surface area contributed by atoms with E-state index in [1.54, 1.807) is 6.07 Å². The number of benzene rings is 1. The summed E-state index contributed by atoms with van der Waals surface area (Å²) in [7, 11) is -3.80. The van der Waals surface area contributed by atoms with Crippen molar-refractivity contribution in [3.8, 4) is 0 Å². The second kappa shape index (κ2) is 10.9. The average Bonchev–Trinajstić information content (AvgIpc) is 3.50. The van der Waals surface area contributed by atoms with Gasteiger partial charge >= 0.3 is 0 Å². The molecule has 228 valence electrons. The Labute approximate surface area is 243 Å². The first-order valence-corrected chi connectivity index (χ1v) is 16.3. The Hall–Kier alpha value is -3.06. The third-order valence-corrected chi connectivity index (χ3v) is 10.5. The second-order valence-corrected chi connectivity index (χ2v) is 13.9. The van der Waals surface area contributed by atoms with Gasteiger partial charge in [-0.05, 0) is 73.6 Å². The van der Waals surface area contributed by atoms with E-state index >= 15 is 4.39 Å². The van der Waals surface area contributed by atoms with Crippen molar-refractivity contribution in [2.45, 2.75) is 63.7 Å². The molecule has 1 spiro atoms. The number of nitrogens with one attached hydrogen (secondary N) is 2. The number of anilines is 4. The van der Waals surface area contributed by atoms with Crippen LogP contribution in [0.1, 0.15) is 66.4 Å². The summed E-state index contributed by atoms with van der Waals surface area (Å²) in [5, 5.41) is 12.0. The van der Waals surface area contributed by atoms with E-state index in [2.05, 4.69) is 19.9 Å². The van der Waals surface area contributed by atoms with Crippen molar-refractivity contribution in [3.05, 3.63) is 40.8 Å². The molecule has 1 aromatic heterocycles. The van der Waals surface area contributed by atoms with E-state index < -0.39 is 52.9 Å². The molecule has 13 heteroatoms. The van der Waals surface area contributed by atoms with Gasteiger partial charge in [0.2, 0.25) is 10.0 Å².